The molecule has 9 nitrogen and oxygen atoms in total. The highest BCUT2D eigenvalue weighted by Gasteiger charge is 2.22. The molecule has 1 atom stereocenters. The molecule has 0 bridgehead atoms. The second-order valence-electron chi connectivity index (χ2n) is 7.12. The fourth-order valence-corrected chi connectivity index (χ4v) is 3.45. The third-order valence-electron chi connectivity index (χ3n) is 4.92. The number of anilines is 1. The first-order chi connectivity index (χ1) is 14.5. The van der Waals surface area contributed by atoms with Gasteiger partial charge in [0.1, 0.15) is 17.2 Å². The molecule has 4 rings (SSSR count). The van der Waals surface area contributed by atoms with Crippen LogP contribution in [0, 0.1) is 5.82 Å². The van der Waals surface area contributed by atoms with Gasteiger partial charge in [0.2, 0.25) is 5.65 Å². The molecule has 0 aromatic carbocycles. The third kappa shape index (κ3) is 3.90. The molecule has 1 N–H and O–H groups in total. The molecular formula is C20H22FN5O4. The van der Waals surface area contributed by atoms with E-state index in [4.69, 9.17) is 9.47 Å². The van der Waals surface area contributed by atoms with Crippen LogP contribution in [0.5, 0.6) is 5.88 Å². The number of carbonyl (C=O) groups excluding carboxylic acids is 1. The Morgan fingerprint density at radius 2 is 2.20 bits per heavy atom. The first kappa shape index (κ1) is 20.0. The number of nitrogens with one attached hydrogen (secondary N) is 1. The topological polar surface area (TPSA) is 99.8 Å². The molecule has 1 aliphatic rings. The van der Waals surface area contributed by atoms with E-state index >= 15 is 0 Å². The minimum atomic E-state index is -0.656. The van der Waals surface area contributed by atoms with Crippen molar-refractivity contribution in [1.82, 2.24) is 18.9 Å². The summed E-state index contributed by atoms with van der Waals surface area (Å²) in [5, 5.41) is 2.43. The summed E-state index contributed by atoms with van der Waals surface area (Å²) in [6.45, 7) is 3.49. The highest BCUT2D eigenvalue weighted by atomic mass is 19.1. The van der Waals surface area contributed by atoms with Crippen molar-refractivity contribution in [2.24, 2.45) is 7.05 Å². The van der Waals surface area contributed by atoms with E-state index in [9.17, 15) is 14.0 Å². The van der Waals surface area contributed by atoms with E-state index in [0.717, 1.165) is 42.0 Å². The molecule has 158 valence electrons. The van der Waals surface area contributed by atoms with Gasteiger partial charge in [-0.25, -0.2) is 14.4 Å². The fraction of sp³-hybridized carbons (Fsp3) is 0.400. The maximum absolute atomic E-state index is 13.6. The predicted molar refractivity (Wildman–Crippen MR) is 107 cm³/mol. The van der Waals surface area contributed by atoms with Crippen LogP contribution in [-0.4, -0.2) is 44.7 Å². The average Bonchev–Trinajstić information content (AvgIpc) is 3.17. The highest BCUT2D eigenvalue weighted by Crippen LogP contribution is 2.27. The standard InChI is InChI=1S/C20H22FN5O4/c1-3-30-19-17-22-15(12-5-4-6-29-11-12)9-26(17)10-16(24-19)18(27)23-14-7-13(21)8-25(2)20(14)28/h7-10,12H,3-6,11H2,1-2H3,(H,23,27)/t12-/m1/s1. The zero-order valence-electron chi connectivity index (χ0n) is 16.7. The number of nitrogens with zero attached hydrogens (tertiary/aromatic N) is 4. The Labute approximate surface area is 171 Å². The molecular weight excluding hydrogens is 393 g/mol. The van der Waals surface area contributed by atoms with Crippen molar-refractivity contribution in [2.45, 2.75) is 25.7 Å². The molecule has 1 aliphatic heterocycles. The Morgan fingerprint density at radius 1 is 1.37 bits per heavy atom. The maximum atomic E-state index is 13.6. The molecule has 0 spiro atoms. The van der Waals surface area contributed by atoms with Crippen molar-refractivity contribution in [3.05, 3.63) is 52.2 Å². The van der Waals surface area contributed by atoms with Crippen molar-refractivity contribution in [3.63, 3.8) is 0 Å². The van der Waals surface area contributed by atoms with Gasteiger partial charge in [-0.2, -0.15) is 0 Å². The van der Waals surface area contributed by atoms with E-state index in [1.54, 1.807) is 11.3 Å². The minimum Gasteiger partial charge on any atom is -0.475 e. The third-order valence-corrected chi connectivity index (χ3v) is 4.92. The summed E-state index contributed by atoms with van der Waals surface area (Å²) in [5.41, 5.74) is 0.650. The van der Waals surface area contributed by atoms with Gasteiger partial charge in [0.05, 0.1) is 18.9 Å². The molecule has 3 aromatic heterocycles. The first-order valence-electron chi connectivity index (χ1n) is 9.74. The lowest BCUT2D eigenvalue weighted by molar-refractivity contribution is 0.0794. The van der Waals surface area contributed by atoms with Crippen molar-refractivity contribution in [3.8, 4) is 5.88 Å². The monoisotopic (exact) mass is 415 g/mol. The van der Waals surface area contributed by atoms with Crippen LogP contribution in [-0.2, 0) is 11.8 Å². The van der Waals surface area contributed by atoms with Crippen molar-refractivity contribution in [1.29, 1.82) is 0 Å². The van der Waals surface area contributed by atoms with Crippen LogP contribution < -0.4 is 15.6 Å². The second kappa shape index (κ2) is 8.23. The average molecular weight is 415 g/mol. The number of hydrogen-bond donors (Lipinski definition) is 1. The summed E-state index contributed by atoms with van der Waals surface area (Å²) in [7, 11) is 1.40. The molecule has 1 saturated heterocycles. The molecule has 1 amide bonds. The van der Waals surface area contributed by atoms with Crippen molar-refractivity contribution < 1.29 is 18.7 Å². The predicted octanol–water partition coefficient (Wildman–Crippen LogP) is 2.11. The number of amides is 1. The van der Waals surface area contributed by atoms with E-state index in [0.29, 0.717) is 18.9 Å². The number of rotatable bonds is 5. The van der Waals surface area contributed by atoms with Gasteiger partial charge in [-0.15, -0.1) is 0 Å². The zero-order chi connectivity index (χ0) is 21.3. The highest BCUT2D eigenvalue weighted by molar-refractivity contribution is 6.02. The normalized spacial score (nSPS) is 16.6. The van der Waals surface area contributed by atoms with E-state index < -0.39 is 17.3 Å². The molecule has 1 fully saturated rings. The Bertz CT molecular complexity index is 1150. The van der Waals surface area contributed by atoms with E-state index in [1.165, 1.54) is 13.2 Å². The lowest BCUT2D eigenvalue weighted by Crippen LogP contribution is -2.25. The van der Waals surface area contributed by atoms with Crippen LogP contribution in [0.4, 0.5) is 10.1 Å². The summed E-state index contributed by atoms with van der Waals surface area (Å²) < 4.78 is 27.5. The van der Waals surface area contributed by atoms with Gasteiger partial charge in [-0.3, -0.25) is 14.0 Å². The SMILES string of the molecule is CCOc1nc(C(=O)Nc2cc(F)cn(C)c2=O)cn2cc([C@@H]3CCCOC3)nc12. The summed E-state index contributed by atoms with van der Waals surface area (Å²) >= 11 is 0. The molecule has 0 saturated carbocycles. The summed E-state index contributed by atoms with van der Waals surface area (Å²) in [4.78, 5) is 33.8. The van der Waals surface area contributed by atoms with Crippen LogP contribution in [0.25, 0.3) is 5.65 Å². The molecule has 3 aromatic rings. The minimum absolute atomic E-state index is 0.0149. The zero-order valence-corrected chi connectivity index (χ0v) is 16.7. The second-order valence-corrected chi connectivity index (χ2v) is 7.12. The molecule has 0 unspecified atom stereocenters. The van der Waals surface area contributed by atoms with Gasteiger partial charge in [0.15, 0.2) is 0 Å². The van der Waals surface area contributed by atoms with Gasteiger partial charge in [-0.1, -0.05) is 0 Å². The molecule has 0 radical (unpaired) electrons. The van der Waals surface area contributed by atoms with Gasteiger partial charge < -0.3 is 19.4 Å². The smallest absolute Gasteiger partial charge is 0.276 e. The Balaban J connectivity index is 1.70. The quantitative estimate of drug-likeness (QED) is 0.685. The number of carbonyl (C=O) groups is 1. The summed E-state index contributed by atoms with van der Waals surface area (Å²) in [6, 6.07) is 0.973. The Kier molecular flexibility index (Phi) is 5.49. The lowest BCUT2D eigenvalue weighted by atomic mass is 9.99. The maximum Gasteiger partial charge on any atom is 0.276 e. The molecule has 0 aliphatic carbocycles. The van der Waals surface area contributed by atoms with Crippen LogP contribution in [0.2, 0.25) is 0 Å². The number of fused-ring (bicyclic) bond motifs is 1. The van der Waals surface area contributed by atoms with E-state index in [2.05, 4.69) is 15.3 Å². The van der Waals surface area contributed by atoms with Crippen molar-refractivity contribution in [2.75, 3.05) is 25.1 Å². The van der Waals surface area contributed by atoms with Crippen LogP contribution >= 0.6 is 0 Å². The number of hydrogen-bond acceptors (Lipinski definition) is 6. The van der Waals surface area contributed by atoms with E-state index in [1.807, 2.05) is 6.20 Å². The summed E-state index contributed by atoms with van der Waals surface area (Å²) in [5.74, 6) is -0.919. The van der Waals surface area contributed by atoms with Crippen LogP contribution in [0.3, 0.4) is 0 Å². The Morgan fingerprint density at radius 3 is 2.93 bits per heavy atom. The summed E-state index contributed by atoms with van der Waals surface area (Å²) in [6.07, 6.45) is 6.31. The Hall–Kier alpha value is -3.27. The fourth-order valence-electron chi connectivity index (χ4n) is 3.45. The number of aryl methyl sites for hydroxylation is 1. The number of imidazole rings is 1. The van der Waals surface area contributed by atoms with Gasteiger partial charge in [-0.05, 0) is 19.8 Å². The lowest BCUT2D eigenvalue weighted by Gasteiger charge is -2.19. The number of ether oxygens (including phenoxy) is 2. The first-order valence-corrected chi connectivity index (χ1v) is 9.74. The largest absolute Gasteiger partial charge is 0.475 e. The van der Waals surface area contributed by atoms with Crippen LogP contribution in [0.15, 0.2) is 29.5 Å². The van der Waals surface area contributed by atoms with Gasteiger partial charge >= 0.3 is 0 Å². The molecule has 30 heavy (non-hydrogen) atoms. The van der Waals surface area contributed by atoms with Gasteiger partial charge in [0, 0.05) is 44.2 Å². The van der Waals surface area contributed by atoms with Gasteiger partial charge in [0.25, 0.3) is 17.3 Å². The molecule has 4 heterocycles. The van der Waals surface area contributed by atoms with Crippen LogP contribution in [0.1, 0.15) is 41.9 Å². The van der Waals surface area contributed by atoms with Crippen molar-refractivity contribution >= 4 is 17.2 Å². The molecule has 10 heteroatoms. The van der Waals surface area contributed by atoms with E-state index in [-0.39, 0.29) is 23.2 Å². The number of pyridine rings is 1. The number of halogens is 1. The number of aromatic nitrogens is 4.